The minimum atomic E-state index is 0.0407. The first-order valence-corrected chi connectivity index (χ1v) is 11.1. The van der Waals surface area contributed by atoms with Gasteiger partial charge in [-0.05, 0) is 30.4 Å². The molecule has 0 spiro atoms. The monoisotopic (exact) mass is 413 g/mol. The molecule has 1 aromatic carbocycles. The van der Waals surface area contributed by atoms with Crippen molar-refractivity contribution in [1.82, 2.24) is 14.8 Å². The molecule has 1 fully saturated rings. The third-order valence-corrected chi connectivity index (χ3v) is 7.18. The highest BCUT2D eigenvalue weighted by Crippen LogP contribution is 2.40. The minimum absolute atomic E-state index is 0.0407. The van der Waals surface area contributed by atoms with Crippen LogP contribution in [0.4, 0.5) is 0 Å². The molecule has 0 unspecified atom stereocenters. The van der Waals surface area contributed by atoms with Gasteiger partial charge in [-0.2, -0.15) is 0 Å². The zero-order valence-corrected chi connectivity index (χ0v) is 17.9. The summed E-state index contributed by atoms with van der Waals surface area (Å²) in [6.07, 6.45) is 1.24. The van der Waals surface area contributed by atoms with Crippen LogP contribution in [0.25, 0.3) is 10.1 Å². The molecular formula is C21H23N3O2S2. The lowest BCUT2D eigenvalue weighted by Crippen LogP contribution is -2.30. The Kier molecular flexibility index (Phi) is 5.21. The fraction of sp³-hybridized carbons (Fsp3) is 0.381. The molecule has 1 aliphatic heterocycles. The smallest absolute Gasteiger partial charge is 0.263 e. The maximum Gasteiger partial charge on any atom is 0.263 e. The number of likely N-dealkylation sites (tertiary alicyclic amines) is 1. The van der Waals surface area contributed by atoms with E-state index >= 15 is 0 Å². The number of benzene rings is 1. The standard InChI is InChI=1S/C21H23N3O2S2/c1-13-22-15(12-27-13)10-18(25)24-9-8-14(11-24)19-16-6-4-5-7-17(16)28-20(19)21(26)23(2)3/h4-7,12,14H,8-11H2,1-3H3/t14-/m1/s1. The molecule has 3 heterocycles. The number of hydrogen-bond acceptors (Lipinski definition) is 5. The number of fused-ring (bicyclic) bond motifs is 1. The van der Waals surface area contributed by atoms with Gasteiger partial charge in [-0.15, -0.1) is 22.7 Å². The Morgan fingerprint density at radius 1 is 1.29 bits per heavy atom. The van der Waals surface area contributed by atoms with E-state index in [0.29, 0.717) is 13.0 Å². The van der Waals surface area contributed by atoms with E-state index < -0.39 is 0 Å². The fourth-order valence-electron chi connectivity index (χ4n) is 3.81. The summed E-state index contributed by atoms with van der Waals surface area (Å²) in [5, 5.41) is 4.09. The molecule has 5 nitrogen and oxygen atoms in total. The summed E-state index contributed by atoms with van der Waals surface area (Å²) < 4.78 is 1.13. The molecule has 1 atom stereocenters. The van der Waals surface area contributed by atoms with Crippen LogP contribution >= 0.6 is 22.7 Å². The number of rotatable bonds is 4. The molecule has 3 aromatic rings. The minimum Gasteiger partial charge on any atom is -0.344 e. The highest BCUT2D eigenvalue weighted by atomic mass is 32.1. The van der Waals surface area contributed by atoms with Gasteiger partial charge in [0.25, 0.3) is 5.91 Å². The molecule has 0 bridgehead atoms. The van der Waals surface area contributed by atoms with Gasteiger partial charge >= 0.3 is 0 Å². The second kappa shape index (κ2) is 7.64. The summed E-state index contributed by atoms with van der Waals surface area (Å²) in [6.45, 7) is 3.35. The molecule has 2 aromatic heterocycles. The van der Waals surface area contributed by atoms with Gasteiger partial charge in [-0.3, -0.25) is 9.59 Å². The van der Waals surface area contributed by atoms with Gasteiger partial charge in [0.05, 0.1) is 22.0 Å². The van der Waals surface area contributed by atoms with Crippen molar-refractivity contribution in [1.29, 1.82) is 0 Å². The SMILES string of the molecule is Cc1nc(CC(=O)N2CC[C@@H](c3c(C(=O)N(C)C)sc4ccccc34)C2)cs1. The summed E-state index contributed by atoms with van der Waals surface area (Å²) >= 11 is 3.13. The topological polar surface area (TPSA) is 53.5 Å². The summed E-state index contributed by atoms with van der Waals surface area (Å²) in [7, 11) is 3.58. The Hall–Kier alpha value is -2.25. The number of aryl methyl sites for hydroxylation is 1. The lowest BCUT2D eigenvalue weighted by atomic mass is 9.95. The molecule has 146 valence electrons. The van der Waals surface area contributed by atoms with Crippen LogP contribution in [0.2, 0.25) is 0 Å². The molecule has 4 rings (SSSR count). The van der Waals surface area contributed by atoms with E-state index in [9.17, 15) is 9.59 Å². The number of nitrogens with zero attached hydrogens (tertiary/aromatic N) is 3. The van der Waals surface area contributed by atoms with Crippen LogP contribution in [0.3, 0.4) is 0 Å². The Labute approximate surface area is 172 Å². The zero-order chi connectivity index (χ0) is 19.8. The van der Waals surface area contributed by atoms with E-state index in [4.69, 9.17) is 0 Å². The normalized spacial score (nSPS) is 16.7. The quantitative estimate of drug-likeness (QED) is 0.651. The number of hydrogen-bond donors (Lipinski definition) is 0. The molecule has 2 amide bonds. The Balaban J connectivity index is 1.59. The highest BCUT2D eigenvalue weighted by Gasteiger charge is 2.33. The van der Waals surface area contributed by atoms with Gasteiger partial charge in [-0.25, -0.2) is 4.98 Å². The Morgan fingerprint density at radius 2 is 2.07 bits per heavy atom. The van der Waals surface area contributed by atoms with Gasteiger partial charge in [0.2, 0.25) is 5.91 Å². The fourth-order valence-corrected chi connectivity index (χ4v) is 5.73. The van der Waals surface area contributed by atoms with Crippen molar-refractivity contribution in [3.63, 3.8) is 0 Å². The molecule has 1 aliphatic rings. The second-order valence-electron chi connectivity index (χ2n) is 7.40. The lowest BCUT2D eigenvalue weighted by Gasteiger charge is -2.17. The summed E-state index contributed by atoms with van der Waals surface area (Å²) in [5.74, 6) is 0.350. The maximum atomic E-state index is 12.8. The van der Waals surface area contributed by atoms with Crippen molar-refractivity contribution < 1.29 is 9.59 Å². The third-order valence-electron chi connectivity index (χ3n) is 5.18. The average molecular weight is 414 g/mol. The van der Waals surface area contributed by atoms with Crippen molar-refractivity contribution in [2.45, 2.75) is 25.7 Å². The van der Waals surface area contributed by atoms with Crippen molar-refractivity contribution in [3.8, 4) is 0 Å². The van der Waals surface area contributed by atoms with Gasteiger partial charge in [-0.1, -0.05) is 18.2 Å². The van der Waals surface area contributed by atoms with E-state index in [1.54, 1.807) is 41.7 Å². The van der Waals surface area contributed by atoms with E-state index in [1.165, 1.54) is 0 Å². The molecule has 1 saturated heterocycles. The van der Waals surface area contributed by atoms with Crippen molar-refractivity contribution in [2.75, 3.05) is 27.2 Å². The van der Waals surface area contributed by atoms with Crippen LogP contribution in [-0.2, 0) is 11.2 Å². The second-order valence-corrected chi connectivity index (χ2v) is 9.52. The first kappa shape index (κ1) is 19.1. The number of thiazole rings is 1. The largest absolute Gasteiger partial charge is 0.344 e. The van der Waals surface area contributed by atoms with Gasteiger partial charge < -0.3 is 9.80 Å². The molecule has 7 heteroatoms. The highest BCUT2D eigenvalue weighted by molar-refractivity contribution is 7.21. The van der Waals surface area contributed by atoms with Gasteiger partial charge in [0.1, 0.15) is 0 Å². The van der Waals surface area contributed by atoms with Gasteiger partial charge in [0.15, 0.2) is 0 Å². The number of carbonyl (C=O) groups is 2. The average Bonchev–Trinajstić information content (AvgIpc) is 3.38. The number of carbonyl (C=O) groups excluding carboxylic acids is 2. The first-order chi connectivity index (χ1) is 13.4. The summed E-state index contributed by atoms with van der Waals surface area (Å²) in [5.41, 5.74) is 1.96. The Bertz CT molecular complexity index is 1040. The number of aromatic nitrogens is 1. The summed E-state index contributed by atoms with van der Waals surface area (Å²) in [4.78, 5) is 34.3. The number of amides is 2. The lowest BCUT2D eigenvalue weighted by molar-refractivity contribution is -0.129. The van der Waals surface area contributed by atoms with Crippen LogP contribution in [0.15, 0.2) is 29.6 Å². The van der Waals surface area contributed by atoms with E-state index in [0.717, 1.165) is 44.2 Å². The van der Waals surface area contributed by atoms with Crippen LogP contribution in [0.5, 0.6) is 0 Å². The molecule has 0 aliphatic carbocycles. The van der Waals surface area contributed by atoms with Gasteiger partial charge in [0, 0.05) is 43.2 Å². The molecular weight excluding hydrogens is 390 g/mol. The van der Waals surface area contributed by atoms with Crippen molar-refractivity contribution in [2.24, 2.45) is 0 Å². The van der Waals surface area contributed by atoms with E-state index in [2.05, 4.69) is 17.1 Å². The summed E-state index contributed by atoms with van der Waals surface area (Å²) in [6, 6.07) is 8.19. The predicted molar refractivity (Wildman–Crippen MR) is 114 cm³/mol. The molecule has 0 radical (unpaired) electrons. The number of thiophene rings is 1. The van der Waals surface area contributed by atoms with Crippen molar-refractivity contribution >= 4 is 44.6 Å². The molecule has 28 heavy (non-hydrogen) atoms. The first-order valence-electron chi connectivity index (χ1n) is 9.36. The van der Waals surface area contributed by atoms with Crippen LogP contribution in [0, 0.1) is 6.92 Å². The molecule has 0 N–H and O–H groups in total. The van der Waals surface area contributed by atoms with Crippen LogP contribution in [-0.4, -0.2) is 53.8 Å². The van der Waals surface area contributed by atoms with Crippen molar-refractivity contribution in [3.05, 3.63) is 50.8 Å². The van der Waals surface area contributed by atoms with E-state index in [-0.39, 0.29) is 17.7 Å². The predicted octanol–water partition coefficient (Wildman–Crippen LogP) is 3.93. The van der Waals surface area contributed by atoms with Crippen LogP contribution < -0.4 is 0 Å². The third kappa shape index (κ3) is 3.56. The maximum absolute atomic E-state index is 12.8. The molecule has 0 saturated carbocycles. The Morgan fingerprint density at radius 3 is 2.79 bits per heavy atom. The van der Waals surface area contributed by atoms with E-state index in [1.807, 2.05) is 29.3 Å². The zero-order valence-electron chi connectivity index (χ0n) is 16.3. The van der Waals surface area contributed by atoms with Crippen LogP contribution in [0.1, 0.15) is 38.3 Å².